The van der Waals surface area contributed by atoms with Gasteiger partial charge in [0.05, 0.1) is 24.0 Å². The molecule has 0 amide bonds. The highest BCUT2D eigenvalue weighted by Crippen LogP contribution is 2.25. The number of hydrogen-bond acceptors (Lipinski definition) is 3. The quantitative estimate of drug-likeness (QED) is 0.772. The Morgan fingerprint density at radius 3 is 2.90 bits per heavy atom. The average molecular weight is 269 g/mol. The molecule has 0 aliphatic heterocycles. The molecule has 0 saturated carbocycles. The van der Waals surface area contributed by atoms with Gasteiger partial charge < -0.3 is 5.32 Å². The lowest BCUT2D eigenvalue weighted by Gasteiger charge is -2.16. The standard InChI is InChI=1S/C15H19N5/c1-3-7-16-15(12-9-17-19(2)11-12)13-10-18-20-8-5-4-6-14(13)20/h4-6,8-11,15-16H,3,7H2,1-2H3. The smallest absolute Gasteiger partial charge is 0.0712 e. The van der Waals surface area contributed by atoms with Crippen molar-refractivity contribution in [3.8, 4) is 0 Å². The van der Waals surface area contributed by atoms with Gasteiger partial charge >= 0.3 is 0 Å². The molecule has 0 bridgehead atoms. The Morgan fingerprint density at radius 2 is 2.15 bits per heavy atom. The molecule has 0 fully saturated rings. The Kier molecular flexibility index (Phi) is 3.52. The van der Waals surface area contributed by atoms with Gasteiger partial charge in [-0.2, -0.15) is 10.2 Å². The maximum atomic E-state index is 4.43. The van der Waals surface area contributed by atoms with Gasteiger partial charge in [-0.25, -0.2) is 4.52 Å². The van der Waals surface area contributed by atoms with Crippen LogP contribution >= 0.6 is 0 Å². The van der Waals surface area contributed by atoms with E-state index < -0.39 is 0 Å². The fourth-order valence-corrected chi connectivity index (χ4v) is 2.46. The molecule has 0 spiro atoms. The molecule has 0 aliphatic carbocycles. The van der Waals surface area contributed by atoms with Crippen LogP contribution in [0.4, 0.5) is 0 Å². The molecule has 3 aromatic heterocycles. The molecule has 3 heterocycles. The van der Waals surface area contributed by atoms with E-state index in [9.17, 15) is 0 Å². The lowest BCUT2D eigenvalue weighted by Crippen LogP contribution is -2.22. The number of nitrogens with zero attached hydrogens (tertiary/aromatic N) is 4. The van der Waals surface area contributed by atoms with E-state index in [4.69, 9.17) is 0 Å². The summed E-state index contributed by atoms with van der Waals surface area (Å²) >= 11 is 0. The summed E-state index contributed by atoms with van der Waals surface area (Å²) in [4.78, 5) is 0. The summed E-state index contributed by atoms with van der Waals surface area (Å²) < 4.78 is 3.74. The second-order valence-electron chi connectivity index (χ2n) is 4.96. The van der Waals surface area contributed by atoms with Gasteiger partial charge in [0.15, 0.2) is 0 Å². The predicted molar refractivity (Wildman–Crippen MR) is 78.5 cm³/mol. The van der Waals surface area contributed by atoms with Crippen molar-refractivity contribution < 1.29 is 0 Å². The zero-order valence-corrected chi connectivity index (χ0v) is 11.8. The van der Waals surface area contributed by atoms with Gasteiger partial charge in [-0.3, -0.25) is 4.68 Å². The summed E-state index contributed by atoms with van der Waals surface area (Å²) in [6.45, 7) is 3.13. The van der Waals surface area contributed by atoms with E-state index in [0.29, 0.717) is 0 Å². The van der Waals surface area contributed by atoms with Crippen molar-refractivity contribution in [3.63, 3.8) is 0 Å². The van der Waals surface area contributed by atoms with Gasteiger partial charge in [0.2, 0.25) is 0 Å². The lowest BCUT2D eigenvalue weighted by molar-refractivity contribution is 0.601. The minimum atomic E-state index is 0.128. The number of pyridine rings is 1. The average Bonchev–Trinajstić information content (AvgIpc) is 3.07. The van der Waals surface area contributed by atoms with Gasteiger partial charge in [-0.1, -0.05) is 13.0 Å². The van der Waals surface area contributed by atoms with Crippen molar-refractivity contribution in [1.29, 1.82) is 0 Å². The second kappa shape index (κ2) is 5.46. The Bertz CT molecular complexity index is 697. The van der Waals surface area contributed by atoms with Crippen LogP contribution in [0.2, 0.25) is 0 Å². The molecule has 3 aromatic rings. The second-order valence-corrected chi connectivity index (χ2v) is 4.96. The molecule has 1 unspecified atom stereocenters. The minimum Gasteiger partial charge on any atom is -0.306 e. The molecular formula is C15H19N5. The summed E-state index contributed by atoms with van der Waals surface area (Å²) in [5.74, 6) is 0. The van der Waals surface area contributed by atoms with Crippen molar-refractivity contribution in [2.24, 2.45) is 7.05 Å². The Balaban J connectivity index is 2.04. The third kappa shape index (κ3) is 2.32. The fraction of sp³-hybridized carbons (Fsp3) is 0.333. The number of rotatable bonds is 5. The maximum Gasteiger partial charge on any atom is 0.0712 e. The largest absolute Gasteiger partial charge is 0.306 e. The van der Waals surface area contributed by atoms with Crippen LogP contribution in [0.1, 0.15) is 30.5 Å². The molecule has 0 saturated heterocycles. The molecule has 5 heteroatoms. The zero-order valence-electron chi connectivity index (χ0n) is 11.8. The summed E-state index contributed by atoms with van der Waals surface area (Å²) in [6.07, 6.45) is 8.98. The number of aromatic nitrogens is 4. The molecule has 3 rings (SSSR count). The van der Waals surface area contributed by atoms with Crippen molar-refractivity contribution in [3.05, 3.63) is 54.1 Å². The third-order valence-corrected chi connectivity index (χ3v) is 3.42. The Labute approximate surface area is 118 Å². The first-order chi connectivity index (χ1) is 9.79. The van der Waals surface area contributed by atoms with Crippen LogP contribution < -0.4 is 5.32 Å². The highest BCUT2D eigenvalue weighted by Gasteiger charge is 2.19. The monoisotopic (exact) mass is 269 g/mol. The molecule has 0 aliphatic rings. The number of nitrogens with one attached hydrogen (secondary N) is 1. The van der Waals surface area contributed by atoms with Gasteiger partial charge in [0.25, 0.3) is 0 Å². The van der Waals surface area contributed by atoms with Crippen LogP contribution in [0.25, 0.3) is 5.52 Å². The number of aryl methyl sites for hydroxylation is 1. The van der Waals surface area contributed by atoms with Crippen LogP contribution in [0.3, 0.4) is 0 Å². The highest BCUT2D eigenvalue weighted by molar-refractivity contribution is 5.56. The summed E-state index contributed by atoms with van der Waals surface area (Å²) in [5.41, 5.74) is 3.48. The minimum absolute atomic E-state index is 0.128. The van der Waals surface area contributed by atoms with Crippen LogP contribution in [-0.2, 0) is 7.05 Å². The summed E-state index contributed by atoms with van der Waals surface area (Å²) in [6, 6.07) is 6.26. The maximum absolute atomic E-state index is 4.43. The topological polar surface area (TPSA) is 47.2 Å². The first kappa shape index (κ1) is 12.9. The van der Waals surface area contributed by atoms with Crippen molar-refractivity contribution >= 4 is 5.52 Å². The Hall–Kier alpha value is -2.14. The molecular weight excluding hydrogens is 250 g/mol. The van der Waals surface area contributed by atoms with E-state index in [2.05, 4.69) is 34.7 Å². The van der Waals surface area contributed by atoms with Crippen LogP contribution in [0, 0.1) is 0 Å². The van der Waals surface area contributed by atoms with Crippen LogP contribution in [-0.4, -0.2) is 25.9 Å². The third-order valence-electron chi connectivity index (χ3n) is 3.42. The lowest BCUT2D eigenvalue weighted by atomic mass is 10.0. The SMILES string of the molecule is CCCNC(c1cnn(C)c1)c1cnn2ccccc12. The van der Waals surface area contributed by atoms with Crippen molar-refractivity contribution in [2.75, 3.05) is 6.54 Å². The molecule has 0 aromatic carbocycles. The molecule has 104 valence electrons. The molecule has 0 radical (unpaired) electrons. The molecule has 1 atom stereocenters. The van der Waals surface area contributed by atoms with E-state index in [1.54, 1.807) is 0 Å². The van der Waals surface area contributed by atoms with Gasteiger partial charge in [0.1, 0.15) is 0 Å². The van der Waals surface area contributed by atoms with Gasteiger partial charge in [-0.05, 0) is 25.1 Å². The zero-order chi connectivity index (χ0) is 13.9. The van der Waals surface area contributed by atoms with E-state index in [-0.39, 0.29) is 6.04 Å². The van der Waals surface area contributed by atoms with E-state index >= 15 is 0 Å². The first-order valence-electron chi connectivity index (χ1n) is 6.94. The summed E-state index contributed by atoms with van der Waals surface area (Å²) in [7, 11) is 1.94. The van der Waals surface area contributed by atoms with Gasteiger partial charge in [0, 0.05) is 30.6 Å². The normalized spacial score (nSPS) is 12.9. The van der Waals surface area contributed by atoms with E-state index in [1.165, 1.54) is 11.1 Å². The van der Waals surface area contributed by atoms with Crippen LogP contribution in [0.5, 0.6) is 0 Å². The fourth-order valence-electron chi connectivity index (χ4n) is 2.46. The number of hydrogen-bond donors (Lipinski definition) is 1. The van der Waals surface area contributed by atoms with Crippen molar-refractivity contribution in [2.45, 2.75) is 19.4 Å². The molecule has 1 N–H and O–H groups in total. The van der Waals surface area contributed by atoms with Crippen LogP contribution in [0.15, 0.2) is 43.0 Å². The van der Waals surface area contributed by atoms with Gasteiger partial charge in [-0.15, -0.1) is 0 Å². The Morgan fingerprint density at radius 1 is 1.25 bits per heavy atom. The van der Waals surface area contributed by atoms with E-state index in [1.807, 2.05) is 47.0 Å². The van der Waals surface area contributed by atoms with E-state index in [0.717, 1.165) is 18.5 Å². The first-order valence-corrected chi connectivity index (χ1v) is 6.94. The predicted octanol–water partition coefficient (Wildman–Crippen LogP) is 2.16. The highest BCUT2D eigenvalue weighted by atomic mass is 15.2. The number of fused-ring (bicyclic) bond motifs is 1. The molecule has 5 nitrogen and oxygen atoms in total. The molecule has 20 heavy (non-hydrogen) atoms. The summed E-state index contributed by atoms with van der Waals surface area (Å²) in [5, 5.41) is 12.3. The van der Waals surface area contributed by atoms with Crippen molar-refractivity contribution in [1.82, 2.24) is 24.7 Å².